The Balaban J connectivity index is 1.99. The molecule has 1 aromatic carbocycles. The van der Waals surface area contributed by atoms with Crippen molar-refractivity contribution in [2.45, 2.75) is 37.4 Å². The number of carbonyl (C=O) groups excluding carboxylic acids is 1. The molecule has 1 unspecified atom stereocenters. The number of amides is 1. The van der Waals surface area contributed by atoms with Crippen molar-refractivity contribution in [3.05, 3.63) is 35.9 Å². The monoisotopic (exact) mass is 263 g/mol. The Morgan fingerprint density at radius 2 is 1.89 bits per heavy atom. The van der Waals surface area contributed by atoms with E-state index in [4.69, 9.17) is 0 Å². The SMILES string of the molecule is CN(CC1(O)CCCC1)C(=O)C(O)c1ccccc1. The van der Waals surface area contributed by atoms with E-state index in [-0.39, 0.29) is 12.5 Å². The molecule has 0 radical (unpaired) electrons. The lowest BCUT2D eigenvalue weighted by Crippen LogP contribution is -2.43. The Bertz CT molecular complexity index is 426. The zero-order valence-corrected chi connectivity index (χ0v) is 11.2. The summed E-state index contributed by atoms with van der Waals surface area (Å²) in [6.07, 6.45) is 2.30. The van der Waals surface area contributed by atoms with E-state index >= 15 is 0 Å². The Labute approximate surface area is 113 Å². The summed E-state index contributed by atoms with van der Waals surface area (Å²) >= 11 is 0. The molecule has 2 N–H and O–H groups in total. The van der Waals surface area contributed by atoms with Gasteiger partial charge < -0.3 is 15.1 Å². The van der Waals surface area contributed by atoms with Crippen LogP contribution in [0.25, 0.3) is 0 Å². The third-order valence-corrected chi connectivity index (χ3v) is 3.79. The largest absolute Gasteiger partial charge is 0.388 e. The van der Waals surface area contributed by atoms with E-state index < -0.39 is 11.7 Å². The molecular formula is C15H21NO3. The minimum absolute atomic E-state index is 0.287. The molecule has 1 aromatic rings. The first-order chi connectivity index (χ1) is 9.02. The summed E-state index contributed by atoms with van der Waals surface area (Å²) in [6, 6.07) is 8.86. The van der Waals surface area contributed by atoms with E-state index in [2.05, 4.69) is 0 Å². The number of rotatable bonds is 4. The van der Waals surface area contributed by atoms with Crippen LogP contribution < -0.4 is 0 Å². The maximum absolute atomic E-state index is 12.1. The van der Waals surface area contributed by atoms with Gasteiger partial charge >= 0.3 is 0 Å². The molecule has 1 saturated carbocycles. The van der Waals surface area contributed by atoms with Gasteiger partial charge in [-0.1, -0.05) is 43.2 Å². The lowest BCUT2D eigenvalue weighted by molar-refractivity contribution is -0.142. The topological polar surface area (TPSA) is 60.8 Å². The molecule has 2 rings (SSSR count). The first-order valence-corrected chi connectivity index (χ1v) is 6.72. The van der Waals surface area contributed by atoms with Gasteiger partial charge in [-0.25, -0.2) is 0 Å². The highest BCUT2D eigenvalue weighted by Crippen LogP contribution is 2.30. The van der Waals surface area contributed by atoms with Crippen molar-refractivity contribution in [2.24, 2.45) is 0 Å². The van der Waals surface area contributed by atoms with Gasteiger partial charge in [0.05, 0.1) is 5.60 Å². The third-order valence-electron chi connectivity index (χ3n) is 3.79. The number of aliphatic hydroxyl groups excluding tert-OH is 1. The Morgan fingerprint density at radius 1 is 1.32 bits per heavy atom. The van der Waals surface area contributed by atoms with Crippen LogP contribution in [0.4, 0.5) is 0 Å². The summed E-state index contributed by atoms with van der Waals surface area (Å²) in [4.78, 5) is 13.6. The average molecular weight is 263 g/mol. The minimum atomic E-state index is -1.16. The molecule has 0 bridgehead atoms. The van der Waals surface area contributed by atoms with Crippen molar-refractivity contribution in [1.82, 2.24) is 4.90 Å². The maximum atomic E-state index is 12.1. The fraction of sp³-hybridized carbons (Fsp3) is 0.533. The van der Waals surface area contributed by atoms with Crippen LogP contribution in [0.3, 0.4) is 0 Å². The van der Waals surface area contributed by atoms with E-state index in [0.29, 0.717) is 5.56 Å². The molecule has 4 heteroatoms. The summed E-state index contributed by atoms with van der Waals surface area (Å²) < 4.78 is 0. The second-order valence-electron chi connectivity index (χ2n) is 5.44. The molecule has 0 saturated heterocycles. The zero-order chi connectivity index (χ0) is 13.9. The minimum Gasteiger partial charge on any atom is -0.388 e. The van der Waals surface area contributed by atoms with Crippen LogP contribution >= 0.6 is 0 Å². The Morgan fingerprint density at radius 3 is 2.47 bits per heavy atom. The molecular weight excluding hydrogens is 242 g/mol. The molecule has 19 heavy (non-hydrogen) atoms. The van der Waals surface area contributed by atoms with Crippen LogP contribution in [0.1, 0.15) is 37.4 Å². The Kier molecular flexibility index (Phi) is 4.22. The number of hydrogen-bond donors (Lipinski definition) is 2. The second kappa shape index (κ2) is 5.72. The summed E-state index contributed by atoms with van der Waals surface area (Å²) in [5.74, 6) is -0.369. The van der Waals surface area contributed by atoms with Gasteiger partial charge in [-0.15, -0.1) is 0 Å². The van der Waals surface area contributed by atoms with Crippen LogP contribution in [0.5, 0.6) is 0 Å². The number of aliphatic hydroxyl groups is 2. The van der Waals surface area contributed by atoms with Crippen molar-refractivity contribution in [2.75, 3.05) is 13.6 Å². The predicted molar refractivity (Wildman–Crippen MR) is 72.5 cm³/mol. The molecule has 1 amide bonds. The molecule has 0 spiro atoms. The number of carbonyl (C=O) groups is 1. The summed E-state index contributed by atoms with van der Waals surface area (Å²) in [5, 5.41) is 20.3. The van der Waals surface area contributed by atoms with E-state index in [1.54, 1.807) is 31.3 Å². The first kappa shape index (κ1) is 14.0. The van der Waals surface area contributed by atoms with Crippen LogP contribution in [-0.4, -0.2) is 40.2 Å². The van der Waals surface area contributed by atoms with Gasteiger partial charge in [0.25, 0.3) is 5.91 Å². The summed E-state index contributed by atoms with van der Waals surface area (Å²) in [5.41, 5.74) is -0.196. The predicted octanol–water partition coefficient (Wildman–Crippen LogP) is 1.48. The van der Waals surface area contributed by atoms with E-state index in [1.165, 1.54) is 4.90 Å². The number of benzene rings is 1. The smallest absolute Gasteiger partial charge is 0.255 e. The number of nitrogens with zero attached hydrogens (tertiary/aromatic N) is 1. The second-order valence-corrected chi connectivity index (χ2v) is 5.44. The van der Waals surface area contributed by atoms with Gasteiger partial charge in [0.2, 0.25) is 0 Å². The van der Waals surface area contributed by atoms with Crippen molar-refractivity contribution in [3.8, 4) is 0 Å². The summed E-state index contributed by atoms with van der Waals surface area (Å²) in [6.45, 7) is 0.287. The molecule has 1 aliphatic rings. The Hall–Kier alpha value is -1.39. The van der Waals surface area contributed by atoms with Crippen LogP contribution in [-0.2, 0) is 4.79 Å². The number of hydrogen-bond acceptors (Lipinski definition) is 3. The molecule has 1 fully saturated rings. The molecule has 4 nitrogen and oxygen atoms in total. The highest BCUT2D eigenvalue weighted by atomic mass is 16.3. The average Bonchev–Trinajstić information content (AvgIpc) is 2.84. The van der Waals surface area contributed by atoms with E-state index in [9.17, 15) is 15.0 Å². The van der Waals surface area contributed by atoms with Gasteiger partial charge in [-0.2, -0.15) is 0 Å². The molecule has 1 aliphatic carbocycles. The number of likely N-dealkylation sites (N-methyl/N-ethyl adjacent to an activating group) is 1. The van der Waals surface area contributed by atoms with Gasteiger partial charge in [0.1, 0.15) is 0 Å². The van der Waals surface area contributed by atoms with Crippen molar-refractivity contribution >= 4 is 5.91 Å². The van der Waals surface area contributed by atoms with Crippen LogP contribution in [0, 0.1) is 0 Å². The lowest BCUT2D eigenvalue weighted by Gasteiger charge is -2.29. The van der Waals surface area contributed by atoms with Gasteiger partial charge in [0.15, 0.2) is 6.10 Å². The summed E-state index contributed by atoms with van der Waals surface area (Å²) in [7, 11) is 1.63. The van der Waals surface area contributed by atoms with Crippen molar-refractivity contribution in [3.63, 3.8) is 0 Å². The maximum Gasteiger partial charge on any atom is 0.255 e. The van der Waals surface area contributed by atoms with Crippen molar-refractivity contribution < 1.29 is 15.0 Å². The molecule has 0 heterocycles. The normalized spacial score (nSPS) is 19.1. The molecule has 0 aromatic heterocycles. The lowest BCUT2D eigenvalue weighted by atomic mass is 10.0. The quantitative estimate of drug-likeness (QED) is 0.865. The fourth-order valence-corrected chi connectivity index (χ4v) is 2.70. The van der Waals surface area contributed by atoms with E-state index in [1.807, 2.05) is 6.07 Å². The van der Waals surface area contributed by atoms with Crippen LogP contribution in [0.2, 0.25) is 0 Å². The zero-order valence-electron chi connectivity index (χ0n) is 11.2. The molecule has 1 atom stereocenters. The van der Waals surface area contributed by atoms with Crippen molar-refractivity contribution in [1.29, 1.82) is 0 Å². The third kappa shape index (κ3) is 3.33. The molecule has 0 aliphatic heterocycles. The van der Waals surface area contributed by atoms with Gasteiger partial charge in [0, 0.05) is 13.6 Å². The van der Waals surface area contributed by atoms with Gasteiger partial charge in [-0.05, 0) is 18.4 Å². The van der Waals surface area contributed by atoms with E-state index in [0.717, 1.165) is 25.7 Å². The standard InChI is InChI=1S/C15H21NO3/c1-16(11-15(19)9-5-6-10-15)14(18)13(17)12-7-3-2-4-8-12/h2-4,7-8,13,17,19H,5-6,9-11H2,1H3. The highest BCUT2D eigenvalue weighted by molar-refractivity contribution is 5.81. The fourth-order valence-electron chi connectivity index (χ4n) is 2.70. The molecule has 104 valence electrons. The van der Waals surface area contributed by atoms with Crippen LogP contribution in [0.15, 0.2) is 30.3 Å². The first-order valence-electron chi connectivity index (χ1n) is 6.72. The van der Waals surface area contributed by atoms with Gasteiger partial charge in [-0.3, -0.25) is 4.79 Å². The highest BCUT2D eigenvalue weighted by Gasteiger charge is 2.34.